The highest BCUT2D eigenvalue weighted by molar-refractivity contribution is 9.10. The Hall–Kier alpha value is -0.990. The summed E-state index contributed by atoms with van der Waals surface area (Å²) in [5, 5.41) is 33.9. The minimum Gasteiger partial charge on any atom is -0.393 e. The molecule has 1 aromatic heterocycles. The van der Waals surface area contributed by atoms with Gasteiger partial charge in [0.15, 0.2) is 0 Å². The summed E-state index contributed by atoms with van der Waals surface area (Å²) in [7, 11) is 0. The molecule has 5 nitrogen and oxygen atoms in total. The number of amides is 1. The van der Waals surface area contributed by atoms with Gasteiger partial charge >= 0.3 is 0 Å². The fourth-order valence-electron chi connectivity index (χ4n) is 4.03. The van der Waals surface area contributed by atoms with Crippen LogP contribution in [-0.2, 0) is 11.2 Å². The van der Waals surface area contributed by atoms with Gasteiger partial charge in [0.2, 0.25) is 5.91 Å². The van der Waals surface area contributed by atoms with Crippen LogP contribution in [0.4, 0.5) is 0 Å². The van der Waals surface area contributed by atoms with Crippen molar-refractivity contribution < 1.29 is 20.1 Å². The molecule has 7 heteroatoms. The second-order valence-corrected chi connectivity index (χ2v) is 10.5. The highest BCUT2D eigenvalue weighted by Crippen LogP contribution is 2.36. The first-order valence-corrected chi connectivity index (χ1v) is 12.8. The van der Waals surface area contributed by atoms with Gasteiger partial charge in [-0.1, -0.05) is 24.3 Å². The van der Waals surface area contributed by atoms with Crippen molar-refractivity contribution in [3.05, 3.63) is 44.6 Å². The Morgan fingerprint density at radius 1 is 1.35 bits per heavy atom. The quantitative estimate of drug-likeness (QED) is 0.248. The van der Waals surface area contributed by atoms with Crippen LogP contribution in [-0.4, -0.2) is 46.1 Å². The molecule has 174 valence electrons. The number of carbonyl (C=O) groups excluding carboxylic acids is 1. The van der Waals surface area contributed by atoms with Crippen molar-refractivity contribution in [1.82, 2.24) is 5.32 Å². The first-order chi connectivity index (χ1) is 14.8. The molecule has 1 fully saturated rings. The van der Waals surface area contributed by atoms with Gasteiger partial charge in [-0.3, -0.25) is 4.79 Å². The van der Waals surface area contributed by atoms with Gasteiger partial charge in [-0.15, -0.1) is 11.3 Å². The SMILES string of the molecule is CCNC(=O)CCCC=CCC1C(O)CC(O)C1C=CC(O)CCc1cc(Br)c(C)s1. The van der Waals surface area contributed by atoms with Crippen LogP contribution < -0.4 is 5.32 Å². The highest BCUT2D eigenvalue weighted by atomic mass is 79.9. The number of aryl methyl sites for hydroxylation is 2. The predicted molar refractivity (Wildman–Crippen MR) is 130 cm³/mol. The van der Waals surface area contributed by atoms with Crippen molar-refractivity contribution in [3.63, 3.8) is 0 Å². The smallest absolute Gasteiger partial charge is 0.219 e. The Balaban J connectivity index is 1.79. The summed E-state index contributed by atoms with van der Waals surface area (Å²) in [6, 6.07) is 2.10. The maximum absolute atomic E-state index is 11.5. The van der Waals surface area contributed by atoms with E-state index in [4.69, 9.17) is 0 Å². The minimum absolute atomic E-state index is 0.0611. The van der Waals surface area contributed by atoms with E-state index in [1.54, 1.807) is 17.4 Å². The normalized spacial score (nSPS) is 25.0. The second kappa shape index (κ2) is 13.5. The summed E-state index contributed by atoms with van der Waals surface area (Å²) < 4.78 is 1.11. The lowest BCUT2D eigenvalue weighted by atomic mass is 9.89. The Kier molecular flexibility index (Phi) is 11.5. The fourth-order valence-corrected chi connectivity index (χ4v) is 5.64. The Bertz CT molecular complexity index is 728. The molecule has 1 aromatic rings. The number of thiophene rings is 1. The molecule has 0 saturated heterocycles. The number of hydrogen-bond donors (Lipinski definition) is 4. The molecule has 5 unspecified atom stereocenters. The number of nitrogens with one attached hydrogen (secondary N) is 1. The molecular formula is C24H36BrNO4S. The number of halogens is 1. The van der Waals surface area contributed by atoms with Crippen LogP contribution in [0.2, 0.25) is 0 Å². The van der Waals surface area contributed by atoms with E-state index in [1.807, 2.05) is 25.2 Å². The number of rotatable bonds is 12. The molecule has 0 aliphatic heterocycles. The van der Waals surface area contributed by atoms with Crippen LogP contribution in [0, 0.1) is 18.8 Å². The minimum atomic E-state index is -0.592. The lowest BCUT2D eigenvalue weighted by molar-refractivity contribution is -0.121. The zero-order valence-electron chi connectivity index (χ0n) is 18.5. The van der Waals surface area contributed by atoms with Crippen molar-refractivity contribution in [3.8, 4) is 0 Å². The Labute approximate surface area is 198 Å². The maximum atomic E-state index is 11.5. The van der Waals surface area contributed by atoms with Crippen molar-refractivity contribution in [2.24, 2.45) is 11.8 Å². The van der Waals surface area contributed by atoms with Gasteiger partial charge in [0.1, 0.15) is 0 Å². The molecule has 1 saturated carbocycles. The zero-order chi connectivity index (χ0) is 22.8. The van der Waals surface area contributed by atoms with Crippen molar-refractivity contribution in [1.29, 1.82) is 0 Å². The van der Waals surface area contributed by atoms with Crippen LogP contribution in [0.3, 0.4) is 0 Å². The van der Waals surface area contributed by atoms with Crippen LogP contribution in [0.15, 0.2) is 34.8 Å². The van der Waals surface area contributed by atoms with E-state index in [1.165, 1.54) is 9.75 Å². The van der Waals surface area contributed by atoms with Crippen molar-refractivity contribution in [2.45, 2.75) is 77.1 Å². The van der Waals surface area contributed by atoms with Crippen LogP contribution in [0.1, 0.15) is 55.2 Å². The lowest BCUT2D eigenvalue weighted by Gasteiger charge is -2.19. The summed E-state index contributed by atoms with van der Waals surface area (Å²) in [6.07, 6.45) is 10.6. The van der Waals surface area contributed by atoms with Crippen LogP contribution in [0.25, 0.3) is 0 Å². The monoisotopic (exact) mass is 513 g/mol. The molecular weight excluding hydrogens is 478 g/mol. The Morgan fingerprint density at radius 2 is 2.13 bits per heavy atom. The highest BCUT2D eigenvalue weighted by Gasteiger charge is 2.39. The van der Waals surface area contributed by atoms with E-state index < -0.39 is 18.3 Å². The number of unbranched alkanes of at least 4 members (excludes halogenated alkanes) is 1. The largest absolute Gasteiger partial charge is 0.393 e. The molecule has 0 spiro atoms. The molecule has 1 amide bonds. The zero-order valence-corrected chi connectivity index (χ0v) is 20.9. The first-order valence-electron chi connectivity index (χ1n) is 11.2. The molecule has 0 radical (unpaired) electrons. The third-order valence-corrected chi connectivity index (χ3v) is 7.99. The molecule has 5 atom stereocenters. The van der Waals surface area contributed by atoms with Crippen LogP contribution in [0.5, 0.6) is 0 Å². The molecule has 31 heavy (non-hydrogen) atoms. The summed E-state index contributed by atoms with van der Waals surface area (Å²) in [5.41, 5.74) is 0. The number of hydrogen-bond acceptors (Lipinski definition) is 5. The Morgan fingerprint density at radius 3 is 2.81 bits per heavy atom. The maximum Gasteiger partial charge on any atom is 0.219 e. The number of allylic oxidation sites excluding steroid dienone is 2. The average Bonchev–Trinajstić information content (AvgIpc) is 3.18. The predicted octanol–water partition coefficient (Wildman–Crippen LogP) is 4.28. The summed E-state index contributed by atoms with van der Waals surface area (Å²) >= 11 is 5.26. The van der Waals surface area contributed by atoms with Gasteiger partial charge in [-0.25, -0.2) is 0 Å². The van der Waals surface area contributed by atoms with Gasteiger partial charge < -0.3 is 20.6 Å². The molecule has 1 heterocycles. The van der Waals surface area contributed by atoms with Gasteiger partial charge in [0.25, 0.3) is 0 Å². The van der Waals surface area contributed by atoms with Gasteiger partial charge in [-0.2, -0.15) is 0 Å². The third-order valence-electron chi connectivity index (χ3n) is 5.79. The number of aliphatic hydroxyl groups is 3. The number of aliphatic hydroxyl groups excluding tert-OH is 3. The summed E-state index contributed by atoms with van der Waals surface area (Å²) in [4.78, 5) is 13.9. The first kappa shape index (κ1) is 26.3. The van der Waals surface area contributed by atoms with E-state index in [0.717, 1.165) is 23.7 Å². The van der Waals surface area contributed by atoms with E-state index in [2.05, 4.69) is 34.2 Å². The summed E-state index contributed by atoms with van der Waals surface area (Å²) in [5.74, 6) is -0.146. The van der Waals surface area contributed by atoms with Gasteiger partial charge in [0, 0.05) is 39.5 Å². The topological polar surface area (TPSA) is 89.8 Å². The standard InChI is InChI=1S/C24H36BrNO4S/c1-3-26-24(30)9-7-5-4-6-8-19-20(23(29)15-22(19)28)13-11-17(27)10-12-18-14-21(25)16(2)31-18/h4,6,11,13-14,17,19-20,22-23,27-29H,3,5,7-10,12,15H2,1-2H3,(H,26,30). The van der Waals surface area contributed by atoms with Gasteiger partial charge in [-0.05, 0) is 73.9 Å². The number of carbonyl (C=O) groups is 1. The third kappa shape index (κ3) is 8.81. The average molecular weight is 515 g/mol. The fraction of sp³-hybridized carbons (Fsp3) is 0.625. The van der Waals surface area contributed by atoms with E-state index >= 15 is 0 Å². The van der Waals surface area contributed by atoms with E-state index in [9.17, 15) is 20.1 Å². The molecule has 4 N–H and O–H groups in total. The van der Waals surface area contributed by atoms with Gasteiger partial charge in [0.05, 0.1) is 18.3 Å². The molecule has 0 bridgehead atoms. The lowest BCUT2D eigenvalue weighted by Crippen LogP contribution is -2.21. The van der Waals surface area contributed by atoms with Crippen molar-refractivity contribution in [2.75, 3.05) is 6.54 Å². The molecule has 0 aromatic carbocycles. The van der Waals surface area contributed by atoms with E-state index in [-0.39, 0.29) is 17.7 Å². The van der Waals surface area contributed by atoms with E-state index in [0.29, 0.717) is 32.2 Å². The van der Waals surface area contributed by atoms with Crippen molar-refractivity contribution >= 4 is 33.2 Å². The molecule has 2 rings (SSSR count). The second-order valence-electron chi connectivity index (χ2n) is 8.27. The van der Waals surface area contributed by atoms with Crippen LogP contribution >= 0.6 is 27.3 Å². The molecule has 1 aliphatic carbocycles. The summed E-state index contributed by atoms with van der Waals surface area (Å²) in [6.45, 7) is 4.64. The molecule has 1 aliphatic rings.